The van der Waals surface area contributed by atoms with E-state index in [9.17, 15) is 5.11 Å². The van der Waals surface area contributed by atoms with Crippen LogP contribution in [0.25, 0.3) is 0 Å². The number of unbranched alkanes of at least 4 members (excludes halogenated alkanes) is 2. The van der Waals surface area contributed by atoms with E-state index < -0.39 is 0 Å². The molecular formula is C16H23NO. The fraction of sp³-hybridized carbons (Fsp3) is 0.375. The molecule has 0 unspecified atom stereocenters. The first kappa shape index (κ1) is 14.4. The second-order valence-corrected chi connectivity index (χ2v) is 4.60. The van der Waals surface area contributed by atoms with Crippen LogP contribution >= 0.6 is 0 Å². The van der Waals surface area contributed by atoms with Gasteiger partial charge in [-0.1, -0.05) is 24.3 Å². The van der Waals surface area contributed by atoms with Crippen LogP contribution in [0.2, 0.25) is 0 Å². The van der Waals surface area contributed by atoms with Crippen LogP contribution in [0.15, 0.2) is 43.0 Å². The quantitative estimate of drug-likeness (QED) is 0.581. The molecule has 1 rings (SSSR count). The molecule has 2 nitrogen and oxygen atoms in total. The third kappa shape index (κ3) is 4.66. The van der Waals surface area contributed by atoms with E-state index in [0.29, 0.717) is 5.75 Å². The lowest BCUT2D eigenvalue weighted by Gasteiger charge is -2.17. The molecule has 0 aliphatic heterocycles. The maximum atomic E-state index is 9.50. The van der Waals surface area contributed by atoms with Crippen molar-refractivity contribution in [3.05, 3.63) is 48.6 Å². The number of nitrogens with zero attached hydrogens (tertiary/aromatic N) is 1. The Balaban J connectivity index is 2.58. The van der Waals surface area contributed by atoms with E-state index in [1.165, 1.54) is 5.56 Å². The Labute approximate surface area is 110 Å². The maximum absolute atomic E-state index is 9.50. The third-order valence-electron chi connectivity index (χ3n) is 2.83. The molecule has 0 atom stereocenters. The van der Waals surface area contributed by atoms with Crippen molar-refractivity contribution in [3.63, 3.8) is 0 Å². The van der Waals surface area contributed by atoms with E-state index in [0.717, 1.165) is 31.4 Å². The summed E-state index contributed by atoms with van der Waals surface area (Å²) in [5, 5.41) is 9.50. The normalized spacial score (nSPS) is 10.8. The first-order valence-corrected chi connectivity index (χ1v) is 6.40. The summed E-state index contributed by atoms with van der Waals surface area (Å²) in [7, 11) is 3.98. The van der Waals surface area contributed by atoms with E-state index >= 15 is 0 Å². The maximum Gasteiger partial charge on any atom is 0.117 e. The molecule has 1 aromatic rings. The van der Waals surface area contributed by atoms with Gasteiger partial charge in [0.2, 0.25) is 0 Å². The van der Waals surface area contributed by atoms with Crippen LogP contribution in [0.5, 0.6) is 5.75 Å². The Kier molecular flexibility index (Phi) is 6.06. The summed E-state index contributed by atoms with van der Waals surface area (Å²) in [6.07, 6.45) is 10.6. The smallest absolute Gasteiger partial charge is 0.117 e. The minimum absolute atomic E-state index is 0.317. The third-order valence-corrected chi connectivity index (χ3v) is 2.83. The Morgan fingerprint density at radius 2 is 2.00 bits per heavy atom. The van der Waals surface area contributed by atoms with Crippen molar-refractivity contribution < 1.29 is 5.11 Å². The molecule has 0 heterocycles. The molecule has 0 bridgehead atoms. The number of rotatable bonds is 7. The summed E-state index contributed by atoms with van der Waals surface area (Å²) in [5.74, 6) is 0.317. The monoisotopic (exact) mass is 245 g/mol. The fourth-order valence-electron chi connectivity index (χ4n) is 1.85. The number of phenolic OH excluding ortho intramolecular Hbond substituents is 1. The molecule has 0 aliphatic rings. The largest absolute Gasteiger partial charge is 0.508 e. The molecule has 1 aromatic carbocycles. The number of benzene rings is 1. The average molecular weight is 245 g/mol. The molecule has 0 spiro atoms. The number of phenols is 1. The van der Waals surface area contributed by atoms with E-state index in [1.54, 1.807) is 12.1 Å². The van der Waals surface area contributed by atoms with E-state index in [4.69, 9.17) is 0 Å². The van der Waals surface area contributed by atoms with Gasteiger partial charge >= 0.3 is 0 Å². The molecule has 0 saturated carbocycles. The SMILES string of the molecule is C=CCCC/C=C/Cc1ccc(O)cc1N(C)C. The van der Waals surface area contributed by atoms with Crippen LogP contribution in [-0.2, 0) is 6.42 Å². The van der Waals surface area contributed by atoms with Gasteiger partial charge in [-0.25, -0.2) is 0 Å². The Hall–Kier alpha value is -1.70. The number of hydrogen-bond donors (Lipinski definition) is 1. The lowest BCUT2D eigenvalue weighted by Crippen LogP contribution is -2.10. The van der Waals surface area contributed by atoms with Gasteiger partial charge < -0.3 is 10.0 Å². The van der Waals surface area contributed by atoms with Crippen molar-refractivity contribution in [1.29, 1.82) is 0 Å². The molecule has 18 heavy (non-hydrogen) atoms. The molecule has 98 valence electrons. The van der Waals surface area contributed by atoms with Crippen molar-refractivity contribution in [2.24, 2.45) is 0 Å². The Bertz CT molecular complexity index is 408. The van der Waals surface area contributed by atoms with Crippen molar-refractivity contribution in [2.75, 3.05) is 19.0 Å². The van der Waals surface area contributed by atoms with Gasteiger partial charge in [0.1, 0.15) is 5.75 Å². The van der Waals surface area contributed by atoms with Gasteiger partial charge in [0.05, 0.1) is 0 Å². The summed E-state index contributed by atoms with van der Waals surface area (Å²) in [5.41, 5.74) is 2.31. The van der Waals surface area contributed by atoms with Gasteiger partial charge in [0.15, 0.2) is 0 Å². The summed E-state index contributed by atoms with van der Waals surface area (Å²) in [6.45, 7) is 3.71. The molecule has 0 fully saturated rings. The van der Waals surface area contributed by atoms with Crippen LogP contribution in [0.4, 0.5) is 5.69 Å². The van der Waals surface area contributed by atoms with Crippen molar-refractivity contribution in [1.82, 2.24) is 0 Å². The minimum atomic E-state index is 0.317. The molecule has 0 amide bonds. The van der Waals surface area contributed by atoms with Crippen LogP contribution in [0, 0.1) is 0 Å². The zero-order valence-electron chi connectivity index (χ0n) is 11.4. The fourth-order valence-corrected chi connectivity index (χ4v) is 1.85. The van der Waals surface area contributed by atoms with Gasteiger partial charge in [-0.3, -0.25) is 0 Å². The number of hydrogen-bond acceptors (Lipinski definition) is 2. The lowest BCUT2D eigenvalue weighted by molar-refractivity contribution is 0.475. The van der Waals surface area contributed by atoms with Crippen LogP contribution < -0.4 is 4.90 Å². The van der Waals surface area contributed by atoms with Crippen LogP contribution in [-0.4, -0.2) is 19.2 Å². The Morgan fingerprint density at radius 3 is 2.67 bits per heavy atom. The van der Waals surface area contributed by atoms with E-state index in [-0.39, 0.29) is 0 Å². The molecule has 0 saturated heterocycles. The number of allylic oxidation sites excluding steroid dienone is 3. The van der Waals surface area contributed by atoms with Crippen molar-refractivity contribution in [2.45, 2.75) is 25.7 Å². The van der Waals surface area contributed by atoms with Gasteiger partial charge in [0, 0.05) is 25.8 Å². The van der Waals surface area contributed by atoms with E-state index in [1.807, 2.05) is 31.1 Å². The van der Waals surface area contributed by atoms with Gasteiger partial charge in [0.25, 0.3) is 0 Å². The molecular weight excluding hydrogens is 222 g/mol. The summed E-state index contributed by atoms with van der Waals surface area (Å²) in [6, 6.07) is 5.54. The molecule has 0 aliphatic carbocycles. The molecule has 2 heteroatoms. The average Bonchev–Trinajstić information content (AvgIpc) is 2.35. The van der Waals surface area contributed by atoms with Gasteiger partial charge in [-0.2, -0.15) is 0 Å². The zero-order chi connectivity index (χ0) is 13.4. The van der Waals surface area contributed by atoms with Crippen molar-refractivity contribution >= 4 is 5.69 Å². The van der Waals surface area contributed by atoms with Crippen LogP contribution in [0.3, 0.4) is 0 Å². The number of anilines is 1. The lowest BCUT2D eigenvalue weighted by atomic mass is 10.1. The summed E-state index contributed by atoms with van der Waals surface area (Å²) in [4.78, 5) is 2.03. The predicted molar refractivity (Wildman–Crippen MR) is 79.3 cm³/mol. The van der Waals surface area contributed by atoms with Crippen LogP contribution in [0.1, 0.15) is 24.8 Å². The highest BCUT2D eigenvalue weighted by Crippen LogP contribution is 2.24. The Morgan fingerprint density at radius 1 is 1.22 bits per heavy atom. The highest BCUT2D eigenvalue weighted by Gasteiger charge is 2.04. The first-order chi connectivity index (χ1) is 8.65. The highest BCUT2D eigenvalue weighted by atomic mass is 16.3. The predicted octanol–water partition coefficient (Wildman–Crippen LogP) is 3.91. The molecule has 0 radical (unpaired) electrons. The summed E-state index contributed by atoms with van der Waals surface area (Å²) < 4.78 is 0. The van der Waals surface area contributed by atoms with Gasteiger partial charge in [-0.05, 0) is 37.3 Å². The van der Waals surface area contributed by atoms with Crippen molar-refractivity contribution in [3.8, 4) is 5.75 Å². The van der Waals surface area contributed by atoms with E-state index in [2.05, 4.69) is 18.7 Å². The summed E-state index contributed by atoms with van der Waals surface area (Å²) >= 11 is 0. The zero-order valence-corrected chi connectivity index (χ0v) is 11.4. The highest BCUT2D eigenvalue weighted by molar-refractivity contribution is 5.56. The van der Waals surface area contributed by atoms with Gasteiger partial charge in [-0.15, -0.1) is 6.58 Å². The second kappa shape index (κ2) is 7.59. The topological polar surface area (TPSA) is 23.5 Å². The molecule has 1 N–H and O–H groups in total. The molecule has 0 aromatic heterocycles. The second-order valence-electron chi connectivity index (χ2n) is 4.60. The minimum Gasteiger partial charge on any atom is -0.508 e. The number of aromatic hydroxyl groups is 1. The standard InChI is InChI=1S/C16H23NO/c1-4-5-6-7-8-9-10-14-11-12-15(18)13-16(14)17(2)3/h4,8-9,11-13,18H,1,5-7,10H2,2-3H3/b9-8+. The first-order valence-electron chi connectivity index (χ1n) is 6.40.